The fourth-order valence-corrected chi connectivity index (χ4v) is 1.75. The fourth-order valence-electron chi connectivity index (χ4n) is 1.75. The molecule has 1 N–H and O–H groups in total. The summed E-state index contributed by atoms with van der Waals surface area (Å²) in [5.74, 6) is 0.0357. The number of hydrogen-bond donors (Lipinski definition) is 1. The third-order valence-corrected chi connectivity index (χ3v) is 2.81. The zero-order valence-corrected chi connectivity index (χ0v) is 11.3. The number of aryl methyl sites for hydroxylation is 1. The average molecular weight is 273 g/mol. The summed E-state index contributed by atoms with van der Waals surface area (Å²) < 4.78 is 10.0. The molecule has 0 radical (unpaired) electrons. The van der Waals surface area contributed by atoms with Crippen LogP contribution in [0, 0.1) is 0 Å². The van der Waals surface area contributed by atoms with E-state index in [-0.39, 0.29) is 5.76 Å². The van der Waals surface area contributed by atoms with Gasteiger partial charge in [-0.25, -0.2) is 4.79 Å². The van der Waals surface area contributed by atoms with E-state index in [9.17, 15) is 9.59 Å². The number of furan rings is 1. The van der Waals surface area contributed by atoms with Gasteiger partial charge in [0.05, 0.1) is 18.4 Å². The minimum Gasteiger partial charge on any atom is -0.465 e. The molecule has 5 heteroatoms. The Morgan fingerprint density at radius 1 is 1.20 bits per heavy atom. The number of ether oxygens (including phenoxy) is 1. The standard InChI is InChI=1S/C15H15NO4/c1-3-10-8-9-13(20-10)14(17)16-12-7-5-4-6-11(12)15(18)19-2/h4-9H,3H2,1-2H3,(H,16,17). The van der Waals surface area contributed by atoms with Gasteiger partial charge in [0.25, 0.3) is 5.91 Å². The van der Waals surface area contributed by atoms with Crippen LogP contribution in [0.25, 0.3) is 0 Å². The molecule has 0 atom stereocenters. The van der Waals surface area contributed by atoms with Crippen LogP contribution in [0.5, 0.6) is 0 Å². The quantitative estimate of drug-likeness (QED) is 0.870. The smallest absolute Gasteiger partial charge is 0.339 e. The number of benzene rings is 1. The Bertz CT molecular complexity index is 630. The summed E-state index contributed by atoms with van der Waals surface area (Å²) in [6, 6.07) is 10.00. The zero-order chi connectivity index (χ0) is 14.5. The molecular weight excluding hydrogens is 258 g/mol. The predicted molar refractivity (Wildman–Crippen MR) is 73.8 cm³/mol. The minimum absolute atomic E-state index is 0.210. The van der Waals surface area contributed by atoms with E-state index in [1.54, 1.807) is 36.4 Å². The molecule has 0 fully saturated rings. The van der Waals surface area contributed by atoms with Gasteiger partial charge < -0.3 is 14.5 Å². The van der Waals surface area contributed by atoms with Crippen LogP contribution in [0.3, 0.4) is 0 Å². The number of nitrogens with one attached hydrogen (secondary N) is 1. The lowest BCUT2D eigenvalue weighted by Crippen LogP contribution is -2.14. The van der Waals surface area contributed by atoms with Crippen LogP contribution in [-0.4, -0.2) is 19.0 Å². The van der Waals surface area contributed by atoms with Gasteiger partial charge in [-0.05, 0) is 24.3 Å². The van der Waals surface area contributed by atoms with Crippen molar-refractivity contribution in [1.29, 1.82) is 0 Å². The van der Waals surface area contributed by atoms with E-state index in [0.29, 0.717) is 17.7 Å². The van der Waals surface area contributed by atoms with Gasteiger partial charge in [-0.2, -0.15) is 0 Å². The molecule has 1 aromatic carbocycles. The Balaban J connectivity index is 2.21. The summed E-state index contributed by atoms with van der Waals surface area (Å²) in [5, 5.41) is 2.65. The van der Waals surface area contributed by atoms with Gasteiger partial charge in [0.15, 0.2) is 5.76 Å². The van der Waals surface area contributed by atoms with Crippen LogP contribution >= 0.6 is 0 Å². The summed E-state index contributed by atoms with van der Waals surface area (Å²) in [4.78, 5) is 23.7. The molecule has 0 unspecified atom stereocenters. The minimum atomic E-state index is -0.505. The SMILES string of the molecule is CCc1ccc(C(=O)Nc2ccccc2C(=O)OC)o1. The summed E-state index contributed by atoms with van der Waals surface area (Å²) in [5.41, 5.74) is 0.685. The van der Waals surface area contributed by atoms with Crippen molar-refractivity contribution in [3.63, 3.8) is 0 Å². The van der Waals surface area contributed by atoms with Gasteiger partial charge in [0, 0.05) is 6.42 Å². The molecule has 1 amide bonds. The number of amides is 1. The number of carbonyl (C=O) groups is 2. The van der Waals surface area contributed by atoms with E-state index in [0.717, 1.165) is 5.76 Å². The summed E-state index contributed by atoms with van der Waals surface area (Å²) in [6.07, 6.45) is 0.714. The molecule has 1 aromatic heterocycles. The number of rotatable bonds is 4. The lowest BCUT2D eigenvalue weighted by atomic mass is 10.2. The second-order valence-corrected chi connectivity index (χ2v) is 4.11. The normalized spacial score (nSPS) is 10.1. The Labute approximate surface area is 116 Å². The van der Waals surface area contributed by atoms with Crippen LogP contribution in [0.15, 0.2) is 40.8 Å². The first-order valence-corrected chi connectivity index (χ1v) is 6.23. The van der Waals surface area contributed by atoms with Crippen molar-refractivity contribution >= 4 is 17.6 Å². The van der Waals surface area contributed by atoms with Crippen molar-refractivity contribution < 1.29 is 18.7 Å². The van der Waals surface area contributed by atoms with Gasteiger partial charge in [-0.3, -0.25) is 4.79 Å². The average Bonchev–Trinajstić information content (AvgIpc) is 2.96. The highest BCUT2D eigenvalue weighted by Crippen LogP contribution is 2.18. The molecule has 0 bridgehead atoms. The lowest BCUT2D eigenvalue weighted by molar-refractivity contribution is 0.0602. The maximum Gasteiger partial charge on any atom is 0.339 e. The molecule has 0 spiro atoms. The monoisotopic (exact) mass is 273 g/mol. The van der Waals surface area contributed by atoms with Gasteiger partial charge in [0.1, 0.15) is 5.76 Å². The van der Waals surface area contributed by atoms with Crippen molar-refractivity contribution in [1.82, 2.24) is 0 Å². The molecular formula is C15H15NO4. The predicted octanol–water partition coefficient (Wildman–Crippen LogP) is 2.88. The van der Waals surface area contributed by atoms with E-state index < -0.39 is 11.9 Å². The molecule has 1 heterocycles. The van der Waals surface area contributed by atoms with Gasteiger partial charge in [0.2, 0.25) is 0 Å². The Morgan fingerprint density at radius 2 is 1.95 bits per heavy atom. The van der Waals surface area contributed by atoms with E-state index in [2.05, 4.69) is 10.1 Å². The second-order valence-electron chi connectivity index (χ2n) is 4.11. The summed E-state index contributed by atoms with van der Waals surface area (Å²) in [7, 11) is 1.29. The fraction of sp³-hybridized carbons (Fsp3) is 0.200. The topological polar surface area (TPSA) is 68.5 Å². The molecule has 20 heavy (non-hydrogen) atoms. The summed E-state index contributed by atoms with van der Waals surface area (Å²) >= 11 is 0. The number of carbonyl (C=O) groups excluding carboxylic acids is 2. The third kappa shape index (κ3) is 2.88. The van der Waals surface area contributed by atoms with E-state index in [1.165, 1.54) is 7.11 Å². The largest absolute Gasteiger partial charge is 0.465 e. The van der Waals surface area contributed by atoms with E-state index in [4.69, 9.17) is 4.42 Å². The van der Waals surface area contributed by atoms with Gasteiger partial charge in [-0.15, -0.1) is 0 Å². The highest BCUT2D eigenvalue weighted by Gasteiger charge is 2.16. The Kier molecular flexibility index (Phi) is 4.20. The van der Waals surface area contributed by atoms with Crippen LogP contribution in [0.2, 0.25) is 0 Å². The van der Waals surface area contributed by atoms with Crippen molar-refractivity contribution in [3.8, 4) is 0 Å². The molecule has 2 aromatic rings. The van der Waals surface area contributed by atoms with Crippen LogP contribution in [-0.2, 0) is 11.2 Å². The first-order valence-electron chi connectivity index (χ1n) is 6.23. The number of esters is 1. The van der Waals surface area contributed by atoms with Crippen molar-refractivity contribution in [2.75, 3.05) is 12.4 Å². The van der Waals surface area contributed by atoms with Crippen molar-refractivity contribution in [3.05, 3.63) is 53.5 Å². The summed E-state index contributed by atoms with van der Waals surface area (Å²) in [6.45, 7) is 1.94. The zero-order valence-electron chi connectivity index (χ0n) is 11.3. The molecule has 0 saturated heterocycles. The number of para-hydroxylation sites is 1. The van der Waals surface area contributed by atoms with Crippen LogP contribution in [0.1, 0.15) is 33.6 Å². The Hall–Kier alpha value is -2.56. The molecule has 0 aliphatic heterocycles. The van der Waals surface area contributed by atoms with Crippen LogP contribution in [0.4, 0.5) is 5.69 Å². The molecule has 2 rings (SSSR count). The molecule has 104 valence electrons. The maximum atomic E-state index is 12.0. The van der Waals surface area contributed by atoms with E-state index >= 15 is 0 Å². The third-order valence-electron chi connectivity index (χ3n) is 2.81. The first-order chi connectivity index (χ1) is 9.65. The highest BCUT2D eigenvalue weighted by atomic mass is 16.5. The lowest BCUT2D eigenvalue weighted by Gasteiger charge is -2.08. The number of anilines is 1. The Morgan fingerprint density at radius 3 is 2.60 bits per heavy atom. The molecule has 5 nitrogen and oxygen atoms in total. The molecule has 0 aliphatic carbocycles. The van der Waals surface area contributed by atoms with E-state index in [1.807, 2.05) is 6.92 Å². The van der Waals surface area contributed by atoms with Crippen LogP contribution < -0.4 is 5.32 Å². The number of methoxy groups -OCH3 is 1. The maximum absolute atomic E-state index is 12.0. The number of hydrogen-bond acceptors (Lipinski definition) is 4. The highest BCUT2D eigenvalue weighted by molar-refractivity contribution is 6.06. The van der Waals surface area contributed by atoms with Crippen molar-refractivity contribution in [2.45, 2.75) is 13.3 Å². The first kappa shape index (κ1) is 13.9. The molecule has 0 aliphatic rings. The van der Waals surface area contributed by atoms with Gasteiger partial charge in [-0.1, -0.05) is 19.1 Å². The molecule has 0 saturated carbocycles. The van der Waals surface area contributed by atoms with Crippen molar-refractivity contribution in [2.24, 2.45) is 0 Å². The second kappa shape index (κ2) is 6.06. The van der Waals surface area contributed by atoms with Gasteiger partial charge >= 0.3 is 5.97 Å².